The maximum atomic E-state index is 14.4. The fourth-order valence-electron chi connectivity index (χ4n) is 5.83. The molecule has 1 saturated heterocycles. The number of nitrogens with zero attached hydrogens (tertiary/aromatic N) is 2. The van der Waals surface area contributed by atoms with E-state index in [0.717, 1.165) is 32.8 Å². The summed E-state index contributed by atoms with van der Waals surface area (Å²) in [5.41, 5.74) is 4.41. The molecule has 5 aromatic rings. The molecule has 9 heteroatoms. The molecule has 0 saturated carbocycles. The van der Waals surface area contributed by atoms with Gasteiger partial charge in [0, 0.05) is 27.3 Å². The Balaban J connectivity index is 1.22. The normalized spacial score (nSPS) is 17.0. The molecule has 48 heavy (non-hydrogen) atoms. The van der Waals surface area contributed by atoms with Crippen LogP contribution < -0.4 is 5.32 Å². The summed E-state index contributed by atoms with van der Waals surface area (Å²) in [5.74, 6) is -0.750. The van der Waals surface area contributed by atoms with Gasteiger partial charge in [-0.05, 0) is 28.8 Å². The number of fused-ring (bicyclic) bond motifs is 1. The van der Waals surface area contributed by atoms with Crippen LogP contribution in [0.1, 0.15) is 22.8 Å². The van der Waals surface area contributed by atoms with Gasteiger partial charge in [0.2, 0.25) is 5.91 Å². The highest BCUT2D eigenvalue weighted by Gasteiger charge is 2.55. The number of ether oxygens (including phenoxy) is 1. The van der Waals surface area contributed by atoms with Gasteiger partial charge in [-0.2, -0.15) is 0 Å². The van der Waals surface area contributed by atoms with E-state index in [1.54, 1.807) is 6.20 Å². The lowest BCUT2D eigenvalue weighted by molar-refractivity contribution is -0.154. The van der Waals surface area contributed by atoms with Crippen LogP contribution in [0.2, 0.25) is 0 Å². The SMILES string of the molecule is O=C(Cc1ccccc1)N[C@@H]1C(=O)N2C(C(=O)OC(c3ccccc3)c3ccccc3)=C(Sc3cccnc3-c3ccccc3)CS[C@H]12. The number of thioether (sulfide) groups is 2. The summed E-state index contributed by atoms with van der Waals surface area (Å²) in [6.07, 6.45) is 1.21. The number of carbonyl (C=O) groups is 3. The van der Waals surface area contributed by atoms with Crippen molar-refractivity contribution in [1.29, 1.82) is 0 Å². The zero-order chi connectivity index (χ0) is 32.9. The van der Waals surface area contributed by atoms with Crippen molar-refractivity contribution in [3.63, 3.8) is 0 Å². The largest absolute Gasteiger partial charge is 0.448 e. The Bertz CT molecular complexity index is 1920. The highest BCUT2D eigenvalue weighted by Crippen LogP contribution is 2.47. The van der Waals surface area contributed by atoms with Gasteiger partial charge >= 0.3 is 5.97 Å². The van der Waals surface area contributed by atoms with E-state index in [-0.39, 0.29) is 23.9 Å². The molecule has 0 bridgehead atoms. The number of hydrogen-bond acceptors (Lipinski definition) is 7. The van der Waals surface area contributed by atoms with Crippen molar-refractivity contribution in [2.45, 2.75) is 28.8 Å². The number of aromatic nitrogens is 1. The quantitative estimate of drug-likeness (QED) is 0.126. The summed E-state index contributed by atoms with van der Waals surface area (Å²) in [6.45, 7) is 0. The van der Waals surface area contributed by atoms with Crippen LogP contribution in [0.3, 0.4) is 0 Å². The Morgan fingerprint density at radius 3 is 2.08 bits per heavy atom. The van der Waals surface area contributed by atoms with Crippen LogP contribution in [0.15, 0.2) is 155 Å². The number of β-lactam (4-membered cyclic amide) rings is 1. The van der Waals surface area contributed by atoms with E-state index >= 15 is 0 Å². The van der Waals surface area contributed by atoms with E-state index in [1.807, 2.05) is 133 Å². The lowest BCUT2D eigenvalue weighted by atomic mass is 10.0. The molecule has 1 N–H and O–H groups in total. The Morgan fingerprint density at radius 2 is 1.44 bits per heavy atom. The first-order chi connectivity index (χ1) is 23.6. The van der Waals surface area contributed by atoms with Crippen LogP contribution in [-0.4, -0.2) is 44.8 Å². The second-order valence-corrected chi connectivity index (χ2v) is 13.6. The molecule has 238 valence electrons. The molecule has 2 aliphatic rings. The van der Waals surface area contributed by atoms with Gasteiger partial charge < -0.3 is 10.1 Å². The first-order valence-corrected chi connectivity index (χ1v) is 17.4. The molecule has 0 spiro atoms. The van der Waals surface area contributed by atoms with E-state index in [9.17, 15) is 14.4 Å². The third-order valence-electron chi connectivity index (χ3n) is 8.13. The standard InChI is InChI=1S/C39H31N3O4S2/c43-32(24-26-14-5-1-6-15-26)41-34-37(44)42-35(39(45)46-36(28-18-9-3-10-19-28)29-20-11-4-12-21-29)31(25-47-38(34)42)48-30-22-13-23-40-33(30)27-16-7-2-8-17-27/h1-23,34,36,38H,24-25H2,(H,41,43)/t34-,38-/m1/s1. The molecule has 0 aliphatic carbocycles. The lowest BCUT2D eigenvalue weighted by Crippen LogP contribution is -2.70. The van der Waals surface area contributed by atoms with Crippen molar-refractivity contribution in [3.05, 3.63) is 167 Å². The van der Waals surface area contributed by atoms with Crippen molar-refractivity contribution in [1.82, 2.24) is 15.2 Å². The fraction of sp³-hybridized carbons (Fsp3) is 0.128. The number of esters is 1. The monoisotopic (exact) mass is 669 g/mol. The number of benzene rings is 4. The molecule has 2 amide bonds. The van der Waals surface area contributed by atoms with Crippen molar-refractivity contribution >= 4 is 41.3 Å². The number of rotatable bonds is 10. The zero-order valence-corrected chi connectivity index (χ0v) is 27.4. The summed E-state index contributed by atoms with van der Waals surface area (Å²) in [5, 5.41) is 2.47. The van der Waals surface area contributed by atoms with E-state index in [0.29, 0.717) is 10.7 Å². The van der Waals surface area contributed by atoms with E-state index in [4.69, 9.17) is 4.74 Å². The van der Waals surface area contributed by atoms with Gasteiger partial charge in [-0.1, -0.05) is 133 Å². The van der Waals surface area contributed by atoms with Gasteiger partial charge in [-0.3, -0.25) is 19.5 Å². The molecule has 4 aromatic carbocycles. The molecule has 1 aromatic heterocycles. The van der Waals surface area contributed by atoms with E-state index in [2.05, 4.69) is 10.3 Å². The minimum absolute atomic E-state index is 0.160. The van der Waals surface area contributed by atoms with Crippen LogP contribution in [0.5, 0.6) is 0 Å². The van der Waals surface area contributed by atoms with Gasteiger partial charge in [0.15, 0.2) is 6.10 Å². The van der Waals surface area contributed by atoms with Gasteiger partial charge in [0.05, 0.1) is 12.1 Å². The second kappa shape index (κ2) is 14.3. The summed E-state index contributed by atoms with van der Waals surface area (Å²) in [4.78, 5) is 48.9. The highest BCUT2D eigenvalue weighted by molar-refractivity contribution is 8.06. The third kappa shape index (κ3) is 6.65. The Morgan fingerprint density at radius 1 is 0.833 bits per heavy atom. The molecule has 7 nitrogen and oxygen atoms in total. The molecule has 2 atom stereocenters. The molecule has 7 rings (SSSR count). The molecule has 3 heterocycles. The number of nitrogens with one attached hydrogen (secondary N) is 1. The Hall–Kier alpha value is -5.12. The van der Waals surface area contributed by atoms with Gasteiger partial charge in [0.1, 0.15) is 17.1 Å². The van der Waals surface area contributed by atoms with Crippen LogP contribution in [0, 0.1) is 0 Å². The van der Waals surface area contributed by atoms with Crippen LogP contribution >= 0.6 is 23.5 Å². The second-order valence-electron chi connectivity index (χ2n) is 11.3. The van der Waals surface area contributed by atoms with Gasteiger partial charge in [-0.25, -0.2) is 4.79 Å². The molecular formula is C39H31N3O4S2. The van der Waals surface area contributed by atoms with Crippen LogP contribution in [-0.2, 0) is 25.5 Å². The predicted octanol–water partition coefficient (Wildman–Crippen LogP) is 7.03. The molecule has 1 fully saturated rings. The number of hydrogen-bond donors (Lipinski definition) is 1. The molecule has 0 radical (unpaired) electrons. The lowest BCUT2D eigenvalue weighted by Gasteiger charge is -2.49. The Labute approximate surface area is 287 Å². The first kappa shape index (κ1) is 31.5. The van der Waals surface area contributed by atoms with Crippen LogP contribution in [0.4, 0.5) is 0 Å². The topological polar surface area (TPSA) is 88.6 Å². The summed E-state index contributed by atoms with van der Waals surface area (Å²) in [6, 6.07) is 41.5. The van der Waals surface area contributed by atoms with Crippen molar-refractivity contribution < 1.29 is 19.1 Å². The third-order valence-corrected chi connectivity index (χ3v) is 10.7. The maximum absolute atomic E-state index is 14.4. The average molecular weight is 670 g/mol. The number of carbonyl (C=O) groups excluding carboxylic acids is 3. The van der Waals surface area contributed by atoms with E-state index < -0.39 is 23.5 Å². The average Bonchev–Trinajstić information content (AvgIpc) is 3.14. The van der Waals surface area contributed by atoms with Crippen molar-refractivity contribution in [3.8, 4) is 11.3 Å². The number of pyridine rings is 1. The first-order valence-electron chi connectivity index (χ1n) is 15.6. The predicted molar refractivity (Wildman–Crippen MR) is 189 cm³/mol. The smallest absolute Gasteiger partial charge is 0.356 e. The van der Waals surface area contributed by atoms with Gasteiger partial charge in [-0.15, -0.1) is 11.8 Å². The van der Waals surface area contributed by atoms with Gasteiger partial charge in [0.25, 0.3) is 5.91 Å². The fourth-order valence-corrected chi connectivity index (χ4v) is 8.42. The minimum atomic E-state index is -0.752. The summed E-state index contributed by atoms with van der Waals surface area (Å²) in [7, 11) is 0. The number of amides is 2. The van der Waals surface area contributed by atoms with Crippen molar-refractivity contribution in [2.75, 3.05) is 5.75 Å². The summed E-state index contributed by atoms with van der Waals surface area (Å²) >= 11 is 2.93. The molecule has 0 unspecified atom stereocenters. The molecular weight excluding hydrogens is 639 g/mol. The molecule has 2 aliphatic heterocycles. The zero-order valence-electron chi connectivity index (χ0n) is 25.8. The van der Waals surface area contributed by atoms with Crippen molar-refractivity contribution in [2.24, 2.45) is 0 Å². The summed E-state index contributed by atoms with van der Waals surface area (Å²) < 4.78 is 6.32. The minimum Gasteiger partial charge on any atom is -0.448 e. The maximum Gasteiger partial charge on any atom is 0.356 e. The Kier molecular flexibility index (Phi) is 9.40. The van der Waals surface area contributed by atoms with E-state index in [1.165, 1.54) is 28.4 Å². The van der Waals surface area contributed by atoms with Crippen LogP contribution in [0.25, 0.3) is 11.3 Å². The highest BCUT2D eigenvalue weighted by atomic mass is 32.2.